The number of nitrogens with zero attached hydrogens (tertiary/aromatic N) is 4. The van der Waals surface area contributed by atoms with Gasteiger partial charge in [0.2, 0.25) is 5.95 Å². The highest BCUT2D eigenvalue weighted by Gasteiger charge is 2.20. The minimum absolute atomic E-state index is 0.122. The molecule has 0 saturated heterocycles. The van der Waals surface area contributed by atoms with E-state index < -0.39 is 11.6 Å². The summed E-state index contributed by atoms with van der Waals surface area (Å²) >= 11 is 0. The van der Waals surface area contributed by atoms with Crippen LogP contribution >= 0.6 is 0 Å². The Bertz CT molecular complexity index is 1090. The van der Waals surface area contributed by atoms with Gasteiger partial charge < -0.3 is 4.90 Å². The number of anilines is 1. The maximum absolute atomic E-state index is 13.5. The number of aromatic amines is 1. The second-order valence-corrected chi connectivity index (χ2v) is 7.56. The van der Waals surface area contributed by atoms with Crippen LogP contribution in [0.3, 0.4) is 0 Å². The maximum atomic E-state index is 13.5. The summed E-state index contributed by atoms with van der Waals surface area (Å²) in [6, 6.07) is 7.81. The van der Waals surface area contributed by atoms with E-state index in [-0.39, 0.29) is 5.56 Å². The van der Waals surface area contributed by atoms with Gasteiger partial charge in [0.15, 0.2) is 11.6 Å². The van der Waals surface area contributed by atoms with Gasteiger partial charge in [0.05, 0.1) is 5.69 Å². The van der Waals surface area contributed by atoms with Crippen molar-refractivity contribution < 1.29 is 8.78 Å². The number of nitrogens with one attached hydrogen (secondary N) is 1. The first kappa shape index (κ1) is 20.2. The summed E-state index contributed by atoms with van der Waals surface area (Å²) in [5.74, 6) is -1.16. The van der Waals surface area contributed by atoms with E-state index in [1.54, 1.807) is 18.5 Å². The molecular weight excluding hydrogens is 388 g/mol. The molecule has 1 N–H and O–H groups in total. The van der Waals surface area contributed by atoms with Crippen LogP contribution in [0.4, 0.5) is 14.7 Å². The first-order valence-electron chi connectivity index (χ1n) is 9.88. The van der Waals surface area contributed by atoms with Gasteiger partial charge >= 0.3 is 0 Å². The van der Waals surface area contributed by atoms with Crippen molar-refractivity contribution in [2.45, 2.75) is 25.9 Å². The van der Waals surface area contributed by atoms with Crippen LogP contribution in [0.25, 0.3) is 0 Å². The second-order valence-electron chi connectivity index (χ2n) is 7.56. The number of halogens is 2. The molecule has 1 aliphatic rings. The fraction of sp³-hybridized carbons (Fsp3) is 0.318. The van der Waals surface area contributed by atoms with Crippen molar-refractivity contribution in [3.8, 4) is 0 Å². The van der Waals surface area contributed by atoms with Crippen molar-refractivity contribution in [1.29, 1.82) is 0 Å². The van der Waals surface area contributed by atoms with Crippen LogP contribution in [0.1, 0.15) is 22.4 Å². The average molecular weight is 411 g/mol. The van der Waals surface area contributed by atoms with Crippen molar-refractivity contribution >= 4 is 5.95 Å². The molecule has 0 aliphatic carbocycles. The van der Waals surface area contributed by atoms with Crippen molar-refractivity contribution in [2.24, 2.45) is 0 Å². The molecule has 3 aromatic rings. The SMILES string of the molecule is CN(Cc1cccnc1)c1nc2c(c(=O)[nH]1)CCN(Cc1ccc(F)c(F)c1)CC2. The number of pyridine rings is 1. The topological polar surface area (TPSA) is 65.1 Å². The summed E-state index contributed by atoms with van der Waals surface area (Å²) in [6.45, 7) is 2.42. The molecule has 0 bridgehead atoms. The van der Waals surface area contributed by atoms with Crippen LogP contribution in [0.5, 0.6) is 0 Å². The number of benzene rings is 1. The molecule has 0 amide bonds. The van der Waals surface area contributed by atoms with Gasteiger partial charge in [-0.25, -0.2) is 13.8 Å². The largest absolute Gasteiger partial charge is 0.341 e. The molecule has 4 rings (SSSR count). The molecule has 2 aromatic heterocycles. The van der Waals surface area contributed by atoms with Crippen LogP contribution in [0, 0.1) is 11.6 Å². The summed E-state index contributed by atoms with van der Waals surface area (Å²) < 4.78 is 26.7. The van der Waals surface area contributed by atoms with Crippen molar-refractivity contribution in [2.75, 3.05) is 25.0 Å². The molecule has 0 spiro atoms. The highest BCUT2D eigenvalue weighted by Crippen LogP contribution is 2.17. The zero-order valence-electron chi connectivity index (χ0n) is 16.7. The van der Waals surface area contributed by atoms with Crippen LogP contribution in [-0.4, -0.2) is 40.0 Å². The molecule has 30 heavy (non-hydrogen) atoms. The Morgan fingerprint density at radius 1 is 1.13 bits per heavy atom. The Morgan fingerprint density at radius 3 is 2.73 bits per heavy atom. The predicted molar refractivity (Wildman–Crippen MR) is 110 cm³/mol. The van der Waals surface area contributed by atoms with E-state index in [1.165, 1.54) is 6.07 Å². The molecule has 0 radical (unpaired) electrons. The standard InChI is InChI=1S/C22H23F2N5O/c1-28(13-16-3-2-8-25-12-16)22-26-20-7-10-29(9-6-17(20)21(30)27-22)14-15-4-5-18(23)19(24)11-15/h2-5,8,11-12H,6-7,9-10,13-14H2,1H3,(H,26,27,30). The Balaban J connectivity index is 1.48. The molecule has 0 saturated carbocycles. The van der Waals surface area contributed by atoms with Gasteiger partial charge in [-0.15, -0.1) is 0 Å². The van der Waals surface area contributed by atoms with Crippen LogP contribution in [0.15, 0.2) is 47.5 Å². The van der Waals surface area contributed by atoms with Gasteiger partial charge in [-0.1, -0.05) is 12.1 Å². The molecule has 0 atom stereocenters. The number of H-pyrrole nitrogens is 1. The van der Waals surface area contributed by atoms with E-state index in [2.05, 4.69) is 14.9 Å². The van der Waals surface area contributed by atoms with Gasteiger partial charge in [-0.2, -0.15) is 0 Å². The van der Waals surface area contributed by atoms with Crippen molar-refractivity contribution in [3.63, 3.8) is 0 Å². The molecule has 156 valence electrons. The third-order valence-corrected chi connectivity index (χ3v) is 5.33. The van der Waals surface area contributed by atoms with Crippen LogP contribution in [0.2, 0.25) is 0 Å². The molecule has 8 heteroatoms. The van der Waals surface area contributed by atoms with E-state index in [9.17, 15) is 13.6 Å². The smallest absolute Gasteiger partial charge is 0.255 e. The lowest BCUT2D eigenvalue weighted by Crippen LogP contribution is -2.27. The minimum atomic E-state index is -0.847. The van der Waals surface area contributed by atoms with E-state index in [4.69, 9.17) is 4.98 Å². The first-order valence-corrected chi connectivity index (χ1v) is 9.88. The molecule has 1 aromatic carbocycles. The Morgan fingerprint density at radius 2 is 1.97 bits per heavy atom. The zero-order chi connectivity index (χ0) is 21.1. The van der Waals surface area contributed by atoms with Crippen molar-refractivity contribution in [3.05, 3.63) is 87.1 Å². The molecule has 3 heterocycles. The number of aromatic nitrogens is 3. The Kier molecular flexibility index (Phi) is 5.85. The normalized spacial score (nSPS) is 14.2. The third kappa shape index (κ3) is 4.54. The average Bonchev–Trinajstić information content (AvgIpc) is 2.94. The highest BCUT2D eigenvalue weighted by atomic mass is 19.2. The molecule has 1 aliphatic heterocycles. The fourth-order valence-corrected chi connectivity index (χ4v) is 3.72. The van der Waals surface area contributed by atoms with E-state index in [0.29, 0.717) is 56.1 Å². The molecule has 0 unspecified atom stereocenters. The Hall–Kier alpha value is -3.13. The predicted octanol–water partition coefficient (Wildman–Crippen LogP) is 2.68. The van der Waals surface area contributed by atoms with E-state index >= 15 is 0 Å². The van der Waals surface area contributed by atoms with Gasteiger partial charge in [-0.3, -0.25) is 19.7 Å². The maximum Gasteiger partial charge on any atom is 0.255 e. The van der Waals surface area contributed by atoms with E-state index in [0.717, 1.165) is 17.3 Å². The summed E-state index contributed by atoms with van der Waals surface area (Å²) in [7, 11) is 1.88. The quantitative estimate of drug-likeness (QED) is 0.699. The van der Waals surface area contributed by atoms with Gasteiger partial charge in [-0.05, 0) is 35.7 Å². The number of hydrogen-bond acceptors (Lipinski definition) is 5. The van der Waals surface area contributed by atoms with Crippen LogP contribution in [-0.2, 0) is 25.9 Å². The van der Waals surface area contributed by atoms with E-state index in [1.807, 2.05) is 24.1 Å². The summed E-state index contributed by atoms with van der Waals surface area (Å²) in [4.78, 5) is 28.4. The number of fused-ring (bicyclic) bond motifs is 1. The lowest BCUT2D eigenvalue weighted by Gasteiger charge is -2.19. The summed E-state index contributed by atoms with van der Waals surface area (Å²) in [5, 5.41) is 0. The number of hydrogen-bond donors (Lipinski definition) is 1. The van der Waals surface area contributed by atoms with Gasteiger partial charge in [0.25, 0.3) is 5.56 Å². The zero-order valence-corrected chi connectivity index (χ0v) is 16.7. The fourth-order valence-electron chi connectivity index (χ4n) is 3.72. The lowest BCUT2D eigenvalue weighted by atomic mass is 10.1. The van der Waals surface area contributed by atoms with Crippen molar-refractivity contribution in [1.82, 2.24) is 19.9 Å². The second kappa shape index (κ2) is 8.71. The highest BCUT2D eigenvalue weighted by molar-refractivity contribution is 5.34. The molecular formula is C22H23F2N5O. The monoisotopic (exact) mass is 411 g/mol. The molecule has 0 fully saturated rings. The summed E-state index contributed by atoms with van der Waals surface area (Å²) in [6.07, 6.45) is 4.69. The number of rotatable bonds is 5. The van der Waals surface area contributed by atoms with Gasteiger partial charge in [0.1, 0.15) is 0 Å². The summed E-state index contributed by atoms with van der Waals surface area (Å²) in [5.41, 5.74) is 3.09. The van der Waals surface area contributed by atoms with Crippen LogP contribution < -0.4 is 10.5 Å². The Labute approximate surface area is 173 Å². The lowest BCUT2D eigenvalue weighted by molar-refractivity contribution is 0.278. The molecule has 6 nitrogen and oxygen atoms in total. The third-order valence-electron chi connectivity index (χ3n) is 5.33. The first-order chi connectivity index (χ1) is 14.5. The minimum Gasteiger partial charge on any atom is -0.341 e. The van der Waals surface area contributed by atoms with Gasteiger partial charge in [0, 0.05) is 57.6 Å².